The summed E-state index contributed by atoms with van der Waals surface area (Å²) in [5, 5.41) is 9.43. The number of aryl methyl sites for hydroxylation is 1. The first-order chi connectivity index (χ1) is 16.1. The number of rotatable bonds is 4. The van der Waals surface area contributed by atoms with Gasteiger partial charge in [0, 0.05) is 26.2 Å². The number of aromatic carboxylic acids is 1. The summed E-state index contributed by atoms with van der Waals surface area (Å²) in [7, 11) is 0. The van der Waals surface area contributed by atoms with Crippen LogP contribution in [0.25, 0.3) is 10.9 Å². The molecule has 1 fully saturated rings. The third kappa shape index (κ3) is 3.31. The van der Waals surface area contributed by atoms with Crippen molar-refractivity contribution in [3.63, 3.8) is 0 Å². The third-order valence-corrected chi connectivity index (χ3v) is 7.78. The lowest BCUT2D eigenvalue weighted by Crippen LogP contribution is -2.46. The molecule has 3 N–H and O–H groups in total. The van der Waals surface area contributed by atoms with Crippen LogP contribution >= 0.6 is 23.4 Å². The lowest BCUT2D eigenvalue weighted by molar-refractivity contribution is 0.0689. The molecule has 1 atom stereocenters. The van der Waals surface area contributed by atoms with E-state index >= 15 is 4.39 Å². The van der Waals surface area contributed by atoms with E-state index in [1.165, 1.54) is 11.8 Å². The van der Waals surface area contributed by atoms with Crippen molar-refractivity contribution in [3.05, 3.63) is 48.8 Å². The summed E-state index contributed by atoms with van der Waals surface area (Å²) in [5.41, 5.74) is 4.69. The molecule has 13 heteroatoms. The predicted octanol–water partition coefficient (Wildman–Crippen LogP) is 2.88. The highest BCUT2D eigenvalue weighted by Gasteiger charge is 2.37. The predicted molar refractivity (Wildman–Crippen MR) is 125 cm³/mol. The van der Waals surface area contributed by atoms with Gasteiger partial charge >= 0.3 is 11.8 Å². The zero-order valence-electron chi connectivity index (χ0n) is 18.2. The zero-order valence-corrected chi connectivity index (χ0v) is 19.8. The van der Waals surface area contributed by atoms with Crippen molar-refractivity contribution >= 4 is 51.6 Å². The molecule has 2 aliphatic heterocycles. The number of nitrogens with two attached hydrogens (primary N) is 1. The Balaban J connectivity index is 1.54. The molecule has 0 radical (unpaired) electrons. The number of pyridine rings is 1. The Labute approximate surface area is 200 Å². The Hall–Kier alpha value is -2.96. The third-order valence-electron chi connectivity index (χ3n) is 6.25. The molecule has 180 valence electrons. The Bertz CT molecular complexity index is 1470. The number of halogens is 2. The number of piperazine rings is 1. The van der Waals surface area contributed by atoms with E-state index in [2.05, 4.69) is 0 Å². The van der Waals surface area contributed by atoms with Gasteiger partial charge < -0.3 is 29.1 Å². The van der Waals surface area contributed by atoms with Crippen molar-refractivity contribution < 1.29 is 23.1 Å². The number of carboxylic acids is 1. The van der Waals surface area contributed by atoms with Crippen molar-refractivity contribution in [1.82, 2.24) is 9.47 Å². The van der Waals surface area contributed by atoms with Gasteiger partial charge in [-0.2, -0.15) is 0 Å². The van der Waals surface area contributed by atoms with Crippen molar-refractivity contribution in [3.8, 4) is 0 Å². The second-order valence-corrected chi connectivity index (χ2v) is 9.89. The number of aromatic nitrogens is 1. The van der Waals surface area contributed by atoms with E-state index in [0.29, 0.717) is 44.2 Å². The van der Waals surface area contributed by atoms with Gasteiger partial charge in [-0.05, 0) is 13.8 Å². The normalized spacial score (nSPS) is 18.2. The fourth-order valence-corrected chi connectivity index (χ4v) is 6.06. The first-order valence-electron chi connectivity index (χ1n) is 10.5. The highest BCUT2D eigenvalue weighted by molar-refractivity contribution is 8.00. The summed E-state index contributed by atoms with van der Waals surface area (Å²) >= 11 is 7.92. The number of fused-ring (bicyclic) bond motifs is 3. The van der Waals surface area contributed by atoms with Crippen molar-refractivity contribution in [2.45, 2.75) is 30.8 Å². The van der Waals surface area contributed by atoms with Gasteiger partial charge in [-0.1, -0.05) is 23.4 Å². The fourth-order valence-electron chi connectivity index (χ4n) is 4.53. The smallest absolute Gasteiger partial charge is 0.477 e. The molecule has 1 unspecified atom stereocenters. The van der Waals surface area contributed by atoms with Crippen LogP contribution in [0.5, 0.6) is 0 Å². The monoisotopic (exact) mass is 510 g/mol. The number of hydrogen-bond donors (Lipinski definition) is 2. The zero-order chi connectivity index (χ0) is 24.5. The topological polar surface area (TPSA) is 135 Å². The molecule has 1 saturated heterocycles. The Kier molecular flexibility index (Phi) is 5.41. The molecule has 0 spiro atoms. The maximum Gasteiger partial charge on any atom is 0.519 e. The molecular formula is C21H20ClFN4O6S. The molecule has 0 amide bonds. The molecule has 5 rings (SSSR count). The van der Waals surface area contributed by atoms with Gasteiger partial charge in [0.05, 0.1) is 44.2 Å². The Morgan fingerprint density at radius 2 is 1.94 bits per heavy atom. The van der Waals surface area contributed by atoms with Crippen LogP contribution in [0, 0.1) is 12.7 Å². The van der Waals surface area contributed by atoms with E-state index in [-0.39, 0.29) is 32.0 Å². The van der Waals surface area contributed by atoms with Gasteiger partial charge in [0.2, 0.25) is 5.43 Å². The van der Waals surface area contributed by atoms with Crippen LogP contribution in [0.15, 0.2) is 23.4 Å². The first kappa shape index (κ1) is 22.8. The minimum atomic E-state index is -1.39. The van der Waals surface area contributed by atoms with E-state index in [1.54, 1.807) is 16.4 Å². The number of anilines is 2. The molecule has 4 heterocycles. The van der Waals surface area contributed by atoms with Crippen molar-refractivity contribution in [1.29, 1.82) is 0 Å². The van der Waals surface area contributed by atoms with Gasteiger partial charge in [0.15, 0.2) is 11.6 Å². The Morgan fingerprint density at radius 3 is 2.50 bits per heavy atom. The van der Waals surface area contributed by atoms with Crippen molar-refractivity contribution in [2.75, 3.05) is 36.8 Å². The second-order valence-electron chi connectivity index (χ2n) is 8.21. The van der Waals surface area contributed by atoms with Gasteiger partial charge in [0.1, 0.15) is 11.3 Å². The molecule has 2 aliphatic rings. The van der Waals surface area contributed by atoms with Crippen LogP contribution in [0.3, 0.4) is 0 Å². The van der Waals surface area contributed by atoms with Gasteiger partial charge in [-0.3, -0.25) is 9.69 Å². The number of hydrogen-bond acceptors (Lipinski definition) is 9. The standard InChI is InChI=1S/C21H20ClFN4O6S/c1-8-10(33-21(31)32-8)7-25-3-5-26(6-4-25)17-13(22)16-11(15(24)14(17)23)18(28)12(20(29)30)19-27(16)9(2)34-19/h9H,3-7,24H2,1-2H3,(H,29,30). The highest BCUT2D eigenvalue weighted by atomic mass is 35.5. The largest absolute Gasteiger partial charge is 0.519 e. The number of benzene rings is 1. The van der Waals surface area contributed by atoms with E-state index < -0.39 is 34.3 Å². The summed E-state index contributed by atoms with van der Waals surface area (Å²) in [5.74, 6) is -2.14. The van der Waals surface area contributed by atoms with E-state index in [1.807, 2.05) is 11.8 Å². The summed E-state index contributed by atoms with van der Waals surface area (Å²) in [6.45, 7) is 5.69. The molecule has 0 bridgehead atoms. The van der Waals surface area contributed by atoms with Crippen LogP contribution in [0.4, 0.5) is 15.8 Å². The van der Waals surface area contributed by atoms with E-state index in [4.69, 9.17) is 26.2 Å². The quantitative estimate of drug-likeness (QED) is 0.504. The van der Waals surface area contributed by atoms with Crippen LogP contribution in [-0.2, 0) is 6.54 Å². The van der Waals surface area contributed by atoms with Crippen LogP contribution in [0.2, 0.25) is 5.02 Å². The fraction of sp³-hybridized carbons (Fsp3) is 0.381. The van der Waals surface area contributed by atoms with Crippen LogP contribution < -0.4 is 21.9 Å². The molecule has 34 heavy (non-hydrogen) atoms. The number of carboxylic acid groups (broad SMARTS) is 1. The molecular weight excluding hydrogens is 491 g/mol. The lowest BCUT2D eigenvalue weighted by Gasteiger charge is -2.38. The van der Waals surface area contributed by atoms with E-state index in [0.717, 1.165) is 0 Å². The van der Waals surface area contributed by atoms with Gasteiger partial charge in [0.25, 0.3) is 0 Å². The van der Waals surface area contributed by atoms with Crippen molar-refractivity contribution in [2.24, 2.45) is 0 Å². The maximum absolute atomic E-state index is 15.5. The molecule has 10 nitrogen and oxygen atoms in total. The Morgan fingerprint density at radius 1 is 1.26 bits per heavy atom. The number of thioether (sulfide) groups is 1. The number of carbonyl (C=O) groups is 1. The molecule has 0 aliphatic carbocycles. The van der Waals surface area contributed by atoms with Crippen LogP contribution in [0.1, 0.15) is 34.2 Å². The van der Waals surface area contributed by atoms with Gasteiger partial charge in [-0.15, -0.1) is 0 Å². The van der Waals surface area contributed by atoms with Gasteiger partial charge in [-0.25, -0.2) is 14.0 Å². The number of nitrogens with zero attached hydrogens (tertiary/aromatic N) is 3. The summed E-state index contributed by atoms with van der Waals surface area (Å²) in [6, 6.07) is 0. The average molecular weight is 511 g/mol. The number of nitrogen functional groups attached to an aromatic ring is 1. The molecule has 1 aromatic carbocycles. The highest BCUT2D eigenvalue weighted by Crippen LogP contribution is 2.50. The summed E-state index contributed by atoms with van der Waals surface area (Å²) < 4.78 is 27.1. The maximum atomic E-state index is 15.5. The average Bonchev–Trinajstić information content (AvgIpc) is 3.08. The minimum absolute atomic E-state index is 0.0225. The van der Waals surface area contributed by atoms with Crippen LogP contribution in [-0.4, -0.2) is 46.7 Å². The minimum Gasteiger partial charge on any atom is -0.477 e. The van der Waals surface area contributed by atoms with E-state index in [9.17, 15) is 19.5 Å². The summed E-state index contributed by atoms with van der Waals surface area (Å²) in [6.07, 6.45) is 0. The summed E-state index contributed by atoms with van der Waals surface area (Å²) in [4.78, 5) is 39.8. The molecule has 0 saturated carbocycles. The lowest BCUT2D eigenvalue weighted by atomic mass is 10.1. The molecule has 3 aromatic rings. The second kappa shape index (κ2) is 8.07. The first-order valence-corrected chi connectivity index (χ1v) is 11.7. The SMILES string of the molecule is Cc1oc(=O)oc1CN1CCN(c2c(F)c(N)c3c(=O)c(C(=O)O)c4n(c3c2Cl)C(C)S4)CC1. The molecule has 2 aromatic heterocycles.